The third kappa shape index (κ3) is 2.77. The number of nitrogens with one attached hydrogen (secondary N) is 1. The van der Waals surface area contributed by atoms with Crippen LogP contribution in [-0.2, 0) is 13.0 Å². The molecule has 0 aliphatic carbocycles. The standard InChI is InChI=1S/C19H20N2O/c1-2-4-15(5-3-1)14-22-18-10-16(12-20-13-18)11-19-8-6-17(21-19)7-9-19/h1-6,8,10,12-13,17,21H,7,9,11,14H2. The Labute approximate surface area is 131 Å². The third-order valence-electron chi connectivity index (χ3n) is 4.56. The van der Waals surface area contributed by atoms with E-state index in [1.165, 1.54) is 24.0 Å². The highest BCUT2D eigenvalue weighted by atomic mass is 16.5. The van der Waals surface area contributed by atoms with Crippen LogP contribution in [0.3, 0.4) is 0 Å². The molecule has 22 heavy (non-hydrogen) atoms. The summed E-state index contributed by atoms with van der Waals surface area (Å²) >= 11 is 0. The Hall–Kier alpha value is -2.13. The van der Waals surface area contributed by atoms with Gasteiger partial charge in [0.15, 0.2) is 0 Å². The van der Waals surface area contributed by atoms with Crippen LogP contribution >= 0.6 is 0 Å². The summed E-state index contributed by atoms with van der Waals surface area (Å²) in [4.78, 5) is 4.34. The van der Waals surface area contributed by atoms with Crippen LogP contribution < -0.4 is 10.1 Å². The number of fused-ring (bicyclic) bond motifs is 2. The van der Waals surface area contributed by atoms with E-state index in [0.717, 1.165) is 12.2 Å². The maximum absolute atomic E-state index is 5.87. The second-order valence-corrected chi connectivity index (χ2v) is 6.28. The lowest BCUT2D eigenvalue weighted by Crippen LogP contribution is -2.38. The Morgan fingerprint density at radius 3 is 2.82 bits per heavy atom. The van der Waals surface area contributed by atoms with Gasteiger partial charge in [0.05, 0.1) is 6.20 Å². The van der Waals surface area contributed by atoms with E-state index in [2.05, 4.69) is 40.7 Å². The molecule has 2 aliphatic rings. The molecule has 2 bridgehead atoms. The molecular weight excluding hydrogens is 272 g/mol. The number of aromatic nitrogens is 1. The van der Waals surface area contributed by atoms with Crippen molar-refractivity contribution in [2.75, 3.05) is 0 Å². The quantitative estimate of drug-likeness (QED) is 0.859. The SMILES string of the molecule is C1=CC2(Cc3cncc(OCc4ccccc4)c3)CCC1N2. The summed E-state index contributed by atoms with van der Waals surface area (Å²) in [7, 11) is 0. The topological polar surface area (TPSA) is 34.1 Å². The van der Waals surface area contributed by atoms with Gasteiger partial charge in [0.25, 0.3) is 0 Å². The second kappa shape index (κ2) is 5.58. The highest BCUT2D eigenvalue weighted by molar-refractivity contribution is 5.31. The molecule has 3 heterocycles. The van der Waals surface area contributed by atoms with Crippen molar-refractivity contribution in [2.45, 2.75) is 37.5 Å². The van der Waals surface area contributed by atoms with E-state index < -0.39 is 0 Å². The lowest BCUT2D eigenvalue weighted by Gasteiger charge is -2.23. The number of hydrogen-bond acceptors (Lipinski definition) is 3. The number of nitrogens with zero attached hydrogens (tertiary/aromatic N) is 1. The van der Waals surface area contributed by atoms with Crippen molar-refractivity contribution in [3.05, 3.63) is 72.1 Å². The number of hydrogen-bond donors (Lipinski definition) is 1. The van der Waals surface area contributed by atoms with Crippen molar-refractivity contribution in [2.24, 2.45) is 0 Å². The molecule has 2 atom stereocenters. The zero-order valence-corrected chi connectivity index (χ0v) is 12.5. The van der Waals surface area contributed by atoms with Gasteiger partial charge < -0.3 is 10.1 Å². The largest absolute Gasteiger partial charge is 0.487 e. The summed E-state index contributed by atoms with van der Waals surface area (Å²) in [5, 5.41) is 3.69. The van der Waals surface area contributed by atoms with Crippen molar-refractivity contribution in [3.63, 3.8) is 0 Å². The first kappa shape index (κ1) is 13.5. The molecule has 0 spiro atoms. The van der Waals surface area contributed by atoms with Crippen molar-refractivity contribution < 1.29 is 4.74 Å². The van der Waals surface area contributed by atoms with Gasteiger partial charge in [-0.25, -0.2) is 0 Å². The molecule has 0 saturated carbocycles. The van der Waals surface area contributed by atoms with Gasteiger partial charge in [-0.3, -0.25) is 4.98 Å². The van der Waals surface area contributed by atoms with Crippen LogP contribution in [0.15, 0.2) is 60.9 Å². The predicted octanol–water partition coefficient (Wildman–Crippen LogP) is 3.26. The van der Waals surface area contributed by atoms with Crippen LogP contribution in [-0.4, -0.2) is 16.6 Å². The highest BCUT2D eigenvalue weighted by Gasteiger charge is 2.39. The molecule has 3 nitrogen and oxygen atoms in total. The third-order valence-corrected chi connectivity index (χ3v) is 4.56. The zero-order chi connectivity index (χ0) is 14.8. The van der Waals surface area contributed by atoms with E-state index in [-0.39, 0.29) is 5.54 Å². The van der Waals surface area contributed by atoms with Gasteiger partial charge in [-0.05, 0) is 36.5 Å². The maximum Gasteiger partial charge on any atom is 0.138 e. The number of rotatable bonds is 5. The number of benzene rings is 1. The highest BCUT2D eigenvalue weighted by Crippen LogP contribution is 2.34. The molecule has 3 heteroatoms. The van der Waals surface area contributed by atoms with Crippen molar-refractivity contribution in [3.8, 4) is 5.75 Å². The van der Waals surface area contributed by atoms with Crippen molar-refractivity contribution >= 4 is 0 Å². The monoisotopic (exact) mass is 292 g/mol. The van der Waals surface area contributed by atoms with E-state index in [0.29, 0.717) is 12.6 Å². The normalized spacial score (nSPS) is 25.5. The molecule has 2 aliphatic heterocycles. The van der Waals surface area contributed by atoms with E-state index in [4.69, 9.17) is 4.74 Å². The van der Waals surface area contributed by atoms with Gasteiger partial charge in [-0.1, -0.05) is 42.5 Å². The molecule has 4 rings (SSSR count). The minimum Gasteiger partial charge on any atom is -0.487 e. The Balaban J connectivity index is 1.43. The van der Waals surface area contributed by atoms with Crippen LogP contribution in [0.5, 0.6) is 5.75 Å². The fraction of sp³-hybridized carbons (Fsp3) is 0.316. The van der Waals surface area contributed by atoms with Crippen LogP contribution in [0.4, 0.5) is 0 Å². The first-order valence-corrected chi connectivity index (χ1v) is 7.89. The molecule has 112 valence electrons. The summed E-state index contributed by atoms with van der Waals surface area (Å²) in [6.45, 7) is 0.581. The fourth-order valence-electron chi connectivity index (χ4n) is 3.45. The summed E-state index contributed by atoms with van der Waals surface area (Å²) in [6.07, 6.45) is 11.8. The Morgan fingerprint density at radius 1 is 1.18 bits per heavy atom. The van der Waals surface area contributed by atoms with Gasteiger partial charge in [0, 0.05) is 17.8 Å². The Morgan fingerprint density at radius 2 is 2.09 bits per heavy atom. The molecule has 0 amide bonds. The Bertz CT molecular complexity index is 683. The molecule has 1 aromatic heterocycles. The smallest absolute Gasteiger partial charge is 0.138 e. The van der Waals surface area contributed by atoms with E-state index >= 15 is 0 Å². The van der Waals surface area contributed by atoms with E-state index in [1.54, 1.807) is 6.20 Å². The molecule has 1 N–H and O–H groups in total. The zero-order valence-electron chi connectivity index (χ0n) is 12.5. The summed E-state index contributed by atoms with van der Waals surface area (Å²) in [5.74, 6) is 0.842. The van der Waals surface area contributed by atoms with Crippen LogP contribution in [0.2, 0.25) is 0 Å². The second-order valence-electron chi connectivity index (χ2n) is 6.28. The predicted molar refractivity (Wildman–Crippen MR) is 86.7 cm³/mol. The van der Waals surface area contributed by atoms with Crippen LogP contribution in [0.1, 0.15) is 24.0 Å². The van der Waals surface area contributed by atoms with Crippen LogP contribution in [0.25, 0.3) is 0 Å². The molecule has 2 unspecified atom stereocenters. The molecule has 1 saturated heterocycles. The van der Waals surface area contributed by atoms with E-state index in [1.807, 2.05) is 24.4 Å². The van der Waals surface area contributed by atoms with Gasteiger partial charge in [0.2, 0.25) is 0 Å². The van der Waals surface area contributed by atoms with E-state index in [9.17, 15) is 0 Å². The lowest BCUT2D eigenvalue weighted by atomic mass is 9.88. The number of ether oxygens (including phenoxy) is 1. The average molecular weight is 292 g/mol. The van der Waals surface area contributed by atoms with Gasteiger partial charge in [-0.15, -0.1) is 0 Å². The minimum absolute atomic E-state index is 0.143. The van der Waals surface area contributed by atoms with Gasteiger partial charge >= 0.3 is 0 Å². The van der Waals surface area contributed by atoms with Crippen LogP contribution in [0, 0.1) is 0 Å². The molecule has 1 fully saturated rings. The summed E-state index contributed by atoms with van der Waals surface area (Å²) in [5.41, 5.74) is 2.54. The fourth-order valence-corrected chi connectivity index (χ4v) is 3.45. The lowest BCUT2D eigenvalue weighted by molar-refractivity contribution is 0.304. The first-order valence-electron chi connectivity index (χ1n) is 7.89. The first-order chi connectivity index (χ1) is 10.8. The maximum atomic E-state index is 5.87. The summed E-state index contributed by atoms with van der Waals surface area (Å²) in [6, 6.07) is 12.9. The average Bonchev–Trinajstić information content (AvgIpc) is 3.14. The molecule has 2 aromatic rings. The Kier molecular flexibility index (Phi) is 3.43. The van der Waals surface area contributed by atoms with Crippen molar-refractivity contribution in [1.29, 1.82) is 0 Å². The molecule has 0 radical (unpaired) electrons. The minimum atomic E-state index is 0.143. The summed E-state index contributed by atoms with van der Waals surface area (Å²) < 4.78 is 5.87. The molecule has 1 aromatic carbocycles. The molecular formula is C19H20N2O. The van der Waals surface area contributed by atoms with Crippen molar-refractivity contribution in [1.82, 2.24) is 10.3 Å². The number of pyridine rings is 1. The van der Waals surface area contributed by atoms with Gasteiger partial charge in [-0.2, -0.15) is 0 Å². The van der Waals surface area contributed by atoms with Gasteiger partial charge in [0.1, 0.15) is 12.4 Å².